The van der Waals surface area contributed by atoms with Crippen LogP contribution in [0.2, 0.25) is 0 Å². The predicted octanol–water partition coefficient (Wildman–Crippen LogP) is 5.40. The number of rotatable bonds is 1. The van der Waals surface area contributed by atoms with Crippen LogP contribution in [0.5, 0.6) is 0 Å². The van der Waals surface area contributed by atoms with Gasteiger partial charge in [-0.1, -0.05) is 77.8 Å². The van der Waals surface area contributed by atoms with Crippen molar-refractivity contribution in [2.24, 2.45) is 0 Å². The first-order chi connectivity index (χ1) is 8.60. The molecule has 2 aromatic carbocycles. The summed E-state index contributed by atoms with van der Waals surface area (Å²) in [5.41, 5.74) is 5.44. The molecule has 0 saturated carbocycles. The van der Waals surface area contributed by atoms with Crippen molar-refractivity contribution in [2.45, 2.75) is 11.3 Å². The van der Waals surface area contributed by atoms with Crippen LogP contribution in [0, 0.1) is 0 Å². The van der Waals surface area contributed by atoms with Gasteiger partial charge in [0.1, 0.15) is 0 Å². The summed E-state index contributed by atoms with van der Waals surface area (Å²) < 4.78 is -0.889. The first-order valence-electron chi connectivity index (χ1n) is 5.86. The van der Waals surface area contributed by atoms with Crippen LogP contribution in [0.4, 0.5) is 0 Å². The fourth-order valence-corrected chi connectivity index (χ4v) is 2.82. The molecule has 0 N–H and O–H groups in total. The zero-order valence-electron chi connectivity index (χ0n) is 10.5. The number of hydrogen-bond donors (Lipinski definition) is 0. The summed E-state index contributed by atoms with van der Waals surface area (Å²) in [6.45, 7) is 1.97. The van der Waals surface area contributed by atoms with Crippen molar-refractivity contribution in [3.8, 4) is 11.1 Å². The Kier molecular flexibility index (Phi) is 4.40. The van der Waals surface area contributed by atoms with Crippen LogP contribution in [0.25, 0.3) is 17.2 Å². The molecule has 0 aromatic heterocycles. The van der Waals surface area contributed by atoms with Gasteiger partial charge in [-0.15, -0.1) is 0 Å². The minimum Gasteiger partial charge on any atom is -0.0913 e. The second-order valence-electron chi connectivity index (χ2n) is 4.53. The second-order valence-corrected chi connectivity index (χ2v) is 5.86. The van der Waals surface area contributed by atoms with E-state index in [9.17, 15) is 0 Å². The van der Waals surface area contributed by atoms with Gasteiger partial charge < -0.3 is 0 Å². The van der Waals surface area contributed by atoms with Crippen molar-refractivity contribution >= 4 is 29.3 Å². The molecule has 2 aromatic rings. The van der Waals surface area contributed by atoms with Crippen LogP contribution in [0.3, 0.4) is 0 Å². The minimum atomic E-state index is -0.889. The van der Waals surface area contributed by atoms with E-state index in [1.165, 1.54) is 11.1 Å². The fraction of sp³-hybridized carbons (Fsp3) is 0.125. The second kappa shape index (κ2) is 5.56. The molecule has 0 unspecified atom stereocenters. The summed E-state index contributed by atoms with van der Waals surface area (Å²) in [4.78, 5) is 0. The summed E-state index contributed by atoms with van der Waals surface area (Å²) in [5.74, 6) is 0. The Balaban J connectivity index is 0.00000133. The van der Waals surface area contributed by atoms with Gasteiger partial charge in [-0.05, 0) is 34.8 Å². The Bertz CT molecular complexity index is 630. The molecule has 1 aliphatic rings. The van der Waals surface area contributed by atoms with E-state index < -0.39 is 4.33 Å². The third-order valence-electron chi connectivity index (χ3n) is 3.39. The average molecular weight is 366 g/mol. The third-order valence-corrected chi connectivity index (χ3v) is 4.39. The molecule has 19 heavy (non-hydrogen) atoms. The molecule has 3 heteroatoms. The van der Waals surface area contributed by atoms with Gasteiger partial charge in [0.05, 0.1) is 0 Å². The van der Waals surface area contributed by atoms with Gasteiger partial charge in [0.15, 0.2) is 4.33 Å². The van der Waals surface area contributed by atoms with E-state index in [1.54, 1.807) is 0 Å². The molecule has 0 amide bonds. The number of fused-ring (bicyclic) bond motifs is 1. The SMILES string of the molecule is CC1=Cc2c(-c3ccccc3)cccc2C1(Cl)Cl.[Zr]. The van der Waals surface area contributed by atoms with E-state index in [2.05, 4.69) is 24.3 Å². The van der Waals surface area contributed by atoms with Crippen LogP contribution >= 0.6 is 23.2 Å². The summed E-state index contributed by atoms with van der Waals surface area (Å²) >= 11 is 12.8. The molecule has 0 radical (unpaired) electrons. The van der Waals surface area contributed by atoms with Crippen molar-refractivity contribution in [1.29, 1.82) is 0 Å². The first-order valence-corrected chi connectivity index (χ1v) is 6.62. The van der Waals surface area contributed by atoms with Gasteiger partial charge in [0.25, 0.3) is 0 Å². The number of alkyl halides is 2. The number of allylic oxidation sites excluding steroid dienone is 1. The standard InChI is InChI=1S/C16H12Cl2.Zr/c1-11-10-14-13(12-6-3-2-4-7-12)8-5-9-15(14)16(11,17)18;/h2-10H,1H3;. The Morgan fingerprint density at radius 2 is 1.58 bits per heavy atom. The van der Waals surface area contributed by atoms with E-state index >= 15 is 0 Å². The van der Waals surface area contributed by atoms with Gasteiger partial charge in [-0.25, -0.2) is 0 Å². The average Bonchev–Trinajstić information content (AvgIpc) is 2.62. The molecular formula is C16H12Cl2Zr. The first kappa shape index (κ1) is 15.0. The molecule has 0 aliphatic heterocycles. The maximum absolute atomic E-state index is 6.41. The minimum absolute atomic E-state index is 0. The molecule has 3 rings (SSSR count). The summed E-state index contributed by atoms with van der Waals surface area (Å²) in [7, 11) is 0. The Morgan fingerprint density at radius 3 is 2.26 bits per heavy atom. The topological polar surface area (TPSA) is 0 Å². The molecule has 94 valence electrons. The van der Waals surface area contributed by atoms with Gasteiger partial charge in [-0.2, -0.15) is 0 Å². The van der Waals surface area contributed by atoms with Crippen LogP contribution in [-0.4, -0.2) is 0 Å². The van der Waals surface area contributed by atoms with Gasteiger partial charge in [-0.3, -0.25) is 0 Å². The number of benzene rings is 2. The summed E-state index contributed by atoms with van der Waals surface area (Å²) in [5, 5.41) is 0. The quantitative estimate of drug-likeness (QED) is 0.593. The molecule has 0 heterocycles. The van der Waals surface area contributed by atoms with E-state index in [-0.39, 0.29) is 26.2 Å². The largest absolute Gasteiger partial charge is 0.164 e. The van der Waals surface area contributed by atoms with Crippen molar-refractivity contribution in [3.05, 3.63) is 65.2 Å². The Morgan fingerprint density at radius 1 is 0.895 bits per heavy atom. The molecule has 0 nitrogen and oxygen atoms in total. The smallest absolute Gasteiger partial charge is 0.0913 e. The molecule has 0 atom stereocenters. The monoisotopic (exact) mass is 364 g/mol. The molecule has 0 fully saturated rings. The van der Waals surface area contributed by atoms with Crippen molar-refractivity contribution in [3.63, 3.8) is 0 Å². The molecule has 1 aliphatic carbocycles. The van der Waals surface area contributed by atoms with Crippen molar-refractivity contribution in [2.75, 3.05) is 0 Å². The molecule has 0 saturated heterocycles. The number of hydrogen-bond acceptors (Lipinski definition) is 0. The zero-order chi connectivity index (χ0) is 12.8. The molecular weight excluding hydrogens is 354 g/mol. The van der Waals surface area contributed by atoms with Crippen LogP contribution < -0.4 is 0 Å². The summed E-state index contributed by atoms with van der Waals surface area (Å²) in [6, 6.07) is 16.4. The maximum atomic E-state index is 6.41. The third kappa shape index (κ3) is 2.49. The zero-order valence-corrected chi connectivity index (χ0v) is 14.4. The van der Waals surface area contributed by atoms with Crippen molar-refractivity contribution < 1.29 is 26.2 Å². The van der Waals surface area contributed by atoms with Gasteiger partial charge >= 0.3 is 0 Å². The van der Waals surface area contributed by atoms with E-state index in [1.807, 2.05) is 37.3 Å². The van der Waals surface area contributed by atoms with Gasteiger partial charge in [0, 0.05) is 26.2 Å². The van der Waals surface area contributed by atoms with E-state index in [4.69, 9.17) is 23.2 Å². The van der Waals surface area contributed by atoms with Crippen LogP contribution in [0.1, 0.15) is 18.1 Å². The predicted molar refractivity (Wildman–Crippen MR) is 78.9 cm³/mol. The normalized spacial score (nSPS) is 15.4. The summed E-state index contributed by atoms with van der Waals surface area (Å²) in [6.07, 6.45) is 2.08. The fourth-order valence-electron chi connectivity index (χ4n) is 2.38. The van der Waals surface area contributed by atoms with Crippen LogP contribution in [0.15, 0.2) is 54.1 Å². The van der Waals surface area contributed by atoms with Crippen molar-refractivity contribution in [1.82, 2.24) is 0 Å². The van der Waals surface area contributed by atoms with E-state index in [0.29, 0.717) is 0 Å². The molecule has 0 bridgehead atoms. The maximum Gasteiger partial charge on any atom is 0.164 e. The van der Waals surface area contributed by atoms with E-state index in [0.717, 1.165) is 16.7 Å². The van der Waals surface area contributed by atoms with Gasteiger partial charge in [0.2, 0.25) is 0 Å². The Hall–Kier alpha value is -0.357. The van der Waals surface area contributed by atoms with Crippen LogP contribution in [-0.2, 0) is 30.5 Å². The Labute approximate surface area is 142 Å². The number of halogens is 2. The molecule has 0 spiro atoms.